The highest BCUT2D eigenvalue weighted by Crippen LogP contribution is 2.19. The Morgan fingerprint density at radius 2 is 1.71 bits per heavy atom. The van der Waals surface area contributed by atoms with Gasteiger partial charge in [-0.25, -0.2) is 4.79 Å². The molecular formula is C21H24N2O5. The molecule has 0 aliphatic heterocycles. The van der Waals surface area contributed by atoms with E-state index in [9.17, 15) is 14.4 Å². The summed E-state index contributed by atoms with van der Waals surface area (Å²) in [6.07, 6.45) is -1.05. The largest absolute Gasteiger partial charge is 0.496 e. The molecule has 0 aliphatic carbocycles. The number of benzene rings is 2. The first-order valence-electron chi connectivity index (χ1n) is 8.77. The summed E-state index contributed by atoms with van der Waals surface area (Å²) < 4.78 is 10.4. The fourth-order valence-corrected chi connectivity index (χ4v) is 2.53. The van der Waals surface area contributed by atoms with Crippen LogP contribution < -0.4 is 10.1 Å². The van der Waals surface area contributed by atoms with Crippen LogP contribution in [0.4, 0.5) is 5.69 Å². The number of amides is 2. The van der Waals surface area contributed by atoms with E-state index >= 15 is 0 Å². The highest BCUT2D eigenvalue weighted by Gasteiger charge is 2.24. The van der Waals surface area contributed by atoms with Gasteiger partial charge in [0.2, 0.25) is 5.91 Å². The molecule has 1 atom stereocenters. The summed E-state index contributed by atoms with van der Waals surface area (Å²) in [6.45, 7) is 3.25. The van der Waals surface area contributed by atoms with Crippen molar-refractivity contribution >= 4 is 23.5 Å². The molecule has 2 aromatic rings. The van der Waals surface area contributed by atoms with E-state index in [1.165, 1.54) is 26.0 Å². The molecule has 0 spiro atoms. The minimum atomic E-state index is -1.05. The Kier molecular flexibility index (Phi) is 7.14. The molecule has 2 rings (SSSR count). The summed E-state index contributed by atoms with van der Waals surface area (Å²) in [5.41, 5.74) is 1.95. The van der Waals surface area contributed by atoms with Gasteiger partial charge in [0, 0.05) is 12.7 Å². The quantitative estimate of drug-likeness (QED) is 0.742. The van der Waals surface area contributed by atoms with Gasteiger partial charge >= 0.3 is 5.97 Å². The van der Waals surface area contributed by atoms with Crippen LogP contribution in [0.3, 0.4) is 0 Å². The van der Waals surface area contributed by atoms with Crippen molar-refractivity contribution in [3.05, 3.63) is 59.7 Å². The Labute approximate surface area is 164 Å². The summed E-state index contributed by atoms with van der Waals surface area (Å²) in [7, 11) is 2.92. The van der Waals surface area contributed by atoms with Gasteiger partial charge in [-0.15, -0.1) is 0 Å². The first kappa shape index (κ1) is 21.0. The average molecular weight is 384 g/mol. The normalized spacial score (nSPS) is 11.3. The van der Waals surface area contributed by atoms with Gasteiger partial charge in [0.1, 0.15) is 11.3 Å². The summed E-state index contributed by atoms with van der Waals surface area (Å²) in [5, 5.41) is 2.72. The fraction of sp³-hybridized carbons (Fsp3) is 0.286. The number of ether oxygens (including phenoxy) is 2. The van der Waals surface area contributed by atoms with Gasteiger partial charge < -0.3 is 19.7 Å². The van der Waals surface area contributed by atoms with Crippen molar-refractivity contribution < 1.29 is 23.9 Å². The number of likely N-dealkylation sites (N-methyl/N-ethyl adjacent to an activating group) is 1. The zero-order valence-electron chi connectivity index (χ0n) is 16.4. The number of anilines is 1. The Bertz CT molecular complexity index is 848. The molecule has 0 fully saturated rings. The monoisotopic (exact) mass is 384 g/mol. The van der Waals surface area contributed by atoms with Crippen molar-refractivity contribution in [2.45, 2.75) is 20.0 Å². The van der Waals surface area contributed by atoms with Crippen LogP contribution in [0.15, 0.2) is 48.5 Å². The molecule has 0 heterocycles. The van der Waals surface area contributed by atoms with Crippen LogP contribution in [-0.4, -0.2) is 49.5 Å². The number of nitrogens with one attached hydrogen (secondary N) is 1. The molecule has 28 heavy (non-hydrogen) atoms. The molecule has 0 bridgehead atoms. The third kappa shape index (κ3) is 5.57. The van der Waals surface area contributed by atoms with Gasteiger partial charge in [-0.3, -0.25) is 9.59 Å². The molecule has 7 nitrogen and oxygen atoms in total. The van der Waals surface area contributed by atoms with E-state index in [2.05, 4.69) is 5.32 Å². The van der Waals surface area contributed by atoms with Crippen molar-refractivity contribution in [3.63, 3.8) is 0 Å². The van der Waals surface area contributed by atoms with Crippen molar-refractivity contribution in [2.24, 2.45) is 0 Å². The van der Waals surface area contributed by atoms with Crippen molar-refractivity contribution in [2.75, 3.05) is 26.0 Å². The van der Waals surface area contributed by atoms with Crippen LogP contribution in [0.1, 0.15) is 22.8 Å². The van der Waals surface area contributed by atoms with Crippen molar-refractivity contribution in [1.82, 2.24) is 4.90 Å². The van der Waals surface area contributed by atoms with E-state index in [-0.39, 0.29) is 18.0 Å². The lowest BCUT2D eigenvalue weighted by atomic mass is 10.2. The summed E-state index contributed by atoms with van der Waals surface area (Å²) in [4.78, 5) is 38.1. The number of nitrogens with zero attached hydrogens (tertiary/aromatic N) is 1. The fourth-order valence-electron chi connectivity index (χ4n) is 2.53. The SMILES string of the molecule is COc1ccccc1C(=O)O[C@@H](C)C(=O)N(C)CC(=O)Nc1ccc(C)cc1. The first-order valence-corrected chi connectivity index (χ1v) is 8.77. The number of hydrogen-bond acceptors (Lipinski definition) is 5. The van der Waals surface area contributed by atoms with E-state index in [0.29, 0.717) is 11.4 Å². The van der Waals surface area contributed by atoms with E-state index in [1.54, 1.807) is 36.4 Å². The molecule has 0 unspecified atom stereocenters. The minimum Gasteiger partial charge on any atom is -0.496 e. The van der Waals surface area contributed by atoms with E-state index < -0.39 is 18.0 Å². The number of hydrogen-bond donors (Lipinski definition) is 1. The molecule has 2 amide bonds. The van der Waals surface area contributed by atoms with Crippen molar-refractivity contribution in [3.8, 4) is 5.75 Å². The average Bonchev–Trinajstić information content (AvgIpc) is 2.68. The van der Waals surface area contributed by atoms with Gasteiger partial charge in [-0.1, -0.05) is 29.8 Å². The Morgan fingerprint density at radius 1 is 1.07 bits per heavy atom. The number of methoxy groups -OCH3 is 1. The van der Waals surface area contributed by atoms with Gasteiger partial charge in [-0.05, 0) is 38.1 Å². The number of para-hydroxylation sites is 1. The topological polar surface area (TPSA) is 84.9 Å². The predicted molar refractivity (Wildman–Crippen MR) is 105 cm³/mol. The van der Waals surface area contributed by atoms with Crippen LogP contribution in [0.5, 0.6) is 5.75 Å². The molecule has 148 valence electrons. The number of aryl methyl sites for hydroxylation is 1. The van der Waals surface area contributed by atoms with Crippen LogP contribution in [0.25, 0.3) is 0 Å². The molecule has 0 aliphatic rings. The zero-order chi connectivity index (χ0) is 20.7. The second-order valence-electron chi connectivity index (χ2n) is 6.36. The second-order valence-corrected chi connectivity index (χ2v) is 6.36. The highest BCUT2D eigenvalue weighted by atomic mass is 16.5. The lowest BCUT2D eigenvalue weighted by Gasteiger charge is -2.21. The summed E-state index contributed by atoms with van der Waals surface area (Å²) in [5.74, 6) is -1.14. The first-order chi connectivity index (χ1) is 13.3. The van der Waals surface area contributed by atoms with Crippen molar-refractivity contribution in [1.29, 1.82) is 0 Å². The molecule has 1 N–H and O–H groups in total. The molecule has 0 radical (unpaired) electrons. The summed E-state index contributed by atoms with van der Waals surface area (Å²) in [6, 6.07) is 13.9. The maximum absolute atomic E-state index is 12.4. The molecular weight excluding hydrogens is 360 g/mol. The molecule has 2 aromatic carbocycles. The predicted octanol–water partition coefficient (Wildman–Crippen LogP) is 2.65. The van der Waals surface area contributed by atoms with E-state index in [4.69, 9.17) is 9.47 Å². The standard InChI is InChI=1S/C21H24N2O5/c1-14-9-11-16(12-10-14)22-19(24)13-23(3)20(25)15(2)28-21(26)17-7-5-6-8-18(17)27-4/h5-12,15H,13H2,1-4H3,(H,22,24)/t15-/m0/s1. The summed E-state index contributed by atoms with van der Waals surface area (Å²) >= 11 is 0. The Hall–Kier alpha value is -3.35. The molecule has 0 saturated carbocycles. The number of carbonyl (C=O) groups is 3. The lowest BCUT2D eigenvalue weighted by molar-refractivity contribution is -0.140. The smallest absolute Gasteiger partial charge is 0.342 e. The van der Waals surface area contributed by atoms with Gasteiger partial charge in [0.05, 0.1) is 13.7 Å². The number of esters is 1. The van der Waals surface area contributed by atoms with Gasteiger partial charge in [0.15, 0.2) is 6.10 Å². The van der Waals surface area contributed by atoms with Crippen LogP contribution >= 0.6 is 0 Å². The minimum absolute atomic E-state index is 0.163. The third-order valence-electron chi connectivity index (χ3n) is 4.05. The Morgan fingerprint density at radius 3 is 2.36 bits per heavy atom. The van der Waals surface area contributed by atoms with Crippen LogP contribution in [0.2, 0.25) is 0 Å². The van der Waals surface area contributed by atoms with E-state index in [1.807, 2.05) is 19.1 Å². The Balaban J connectivity index is 1.91. The zero-order valence-corrected chi connectivity index (χ0v) is 16.4. The second kappa shape index (κ2) is 9.55. The molecule has 0 aromatic heterocycles. The van der Waals surface area contributed by atoms with Crippen LogP contribution in [0, 0.1) is 6.92 Å². The van der Waals surface area contributed by atoms with Gasteiger partial charge in [0.25, 0.3) is 5.91 Å². The molecule has 7 heteroatoms. The third-order valence-corrected chi connectivity index (χ3v) is 4.05. The van der Waals surface area contributed by atoms with Gasteiger partial charge in [-0.2, -0.15) is 0 Å². The maximum atomic E-state index is 12.4. The lowest BCUT2D eigenvalue weighted by Crippen LogP contribution is -2.41. The maximum Gasteiger partial charge on any atom is 0.342 e. The number of carbonyl (C=O) groups excluding carboxylic acids is 3. The van der Waals surface area contributed by atoms with E-state index in [0.717, 1.165) is 5.56 Å². The highest BCUT2D eigenvalue weighted by molar-refractivity contribution is 5.97. The number of rotatable bonds is 7. The van der Waals surface area contributed by atoms with Crippen LogP contribution in [-0.2, 0) is 14.3 Å². The molecule has 0 saturated heterocycles.